The highest BCUT2D eigenvalue weighted by Crippen LogP contribution is 2.10. The second-order valence-corrected chi connectivity index (χ2v) is 4.98. The van der Waals surface area contributed by atoms with Gasteiger partial charge in [0.05, 0.1) is 5.56 Å². The molecular weight excluding hydrogens is 358 g/mol. The van der Waals surface area contributed by atoms with Gasteiger partial charge in [-0.2, -0.15) is 5.26 Å². The Morgan fingerprint density at radius 2 is 1.88 bits per heavy atom. The summed E-state index contributed by atoms with van der Waals surface area (Å²) in [4.78, 5) is 14.1. The van der Waals surface area contributed by atoms with Gasteiger partial charge in [0, 0.05) is 8.46 Å². The molecule has 16 heavy (non-hydrogen) atoms. The summed E-state index contributed by atoms with van der Waals surface area (Å²) in [5.74, 6) is -0.813. The first-order chi connectivity index (χ1) is 7.24. The first-order valence-electron chi connectivity index (χ1n) is 3.48. The Bertz CT molecular complexity index is 345. The first kappa shape index (κ1) is 15.5. The third kappa shape index (κ3) is 8.79. The summed E-state index contributed by atoms with van der Waals surface area (Å²) in [5.41, 5.74) is 0.222. The van der Waals surface area contributed by atoms with Gasteiger partial charge in [0.25, 0.3) is 0 Å². The van der Waals surface area contributed by atoms with E-state index in [9.17, 15) is 4.79 Å². The van der Waals surface area contributed by atoms with Crippen molar-refractivity contribution in [3.63, 3.8) is 0 Å². The zero-order valence-electron chi connectivity index (χ0n) is 7.50. The minimum absolute atomic E-state index is 0.222. The lowest BCUT2D eigenvalue weighted by Gasteiger charge is -1.95. The monoisotopic (exact) mass is 364 g/mol. The van der Waals surface area contributed by atoms with Crippen LogP contribution in [0.15, 0.2) is 24.3 Å². The molecule has 0 radical (unpaired) electrons. The van der Waals surface area contributed by atoms with Crippen molar-refractivity contribution in [3.8, 4) is 0 Å². The molecule has 1 rings (SSSR count). The van der Waals surface area contributed by atoms with Gasteiger partial charge < -0.3 is 0 Å². The molecule has 90 valence electrons. The maximum atomic E-state index is 10.6. The zero-order chi connectivity index (χ0) is 12.8. The van der Waals surface area contributed by atoms with Crippen LogP contribution in [0.1, 0.15) is 10.4 Å². The summed E-state index contributed by atoms with van der Waals surface area (Å²) >= 11 is -0.134. The molecule has 0 aromatic heterocycles. The molecule has 0 aliphatic rings. The van der Waals surface area contributed by atoms with Gasteiger partial charge in [-0.3, -0.25) is 15.2 Å². The minimum Gasteiger partial charge on any atom is -0.296 e. The van der Waals surface area contributed by atoms with Crippen LogP contribution in [0.3, 0.4) is 0 Å². The highest BCUT2D eigenvalue weighted by Gasteiger charge is 2.11. The Morgan fingerprint density at radius 1 is 1.38 bits per heavy atom. The molecule has 9 heteroatoms. The van der Waals surface area contributed by atoms with Crippen LogP contribution in [0.4, 0.5) is 0 Å². The van der Waals surface area contributed by atoms with E-state index in [0.29, 0.717) is 5.02 Å². The van der Waals surface area contributed by atoms with E-state index in [2.05, 4.69) is 4.89 Å². The van der Waals surface area contributed by atoms with Crippen LogP contribution >= 0.6 is 11.6 Å². The molecule has 0 aliphatic carbocycles. The van der Waals surface area contributed by atoms with E-state index in [4.69, 9.17) is 30.6 Å². The molecule has 0 heterocycles. The third-order valence-electron chi connectivity index (χ3n) is 1.14. The lowest BCUT2D eigenvalue weighted by atomic mass is 10.2. The molecular formula is C7H6ClIO7. The summed E-state index contributed by atoms with van der Waals surface area (Å²) in [6, 6.07) is 6.11. The van der Waals surface area contributed by atoms with Gasteiger partial charge >= 0.3 is 26.1 Å². The Kier molecular flexibility index (Phi) is 6.74. The molecule has 0 spiro atoms. The Morgan fingerprint density at radius 3 is 2.25 bits per heavy atom. The fourth-order valence-electron chi connectivity index (χ4n) is 0.668. The van der Waals surface area contributed by atoms with Crippen LogP contribution < -0.4 is 30.4 Å². The van der Waals surface area contributed by atoms with Gasteiger partial charge in [-0.1, -0.05) is 17.7 Å². The number of rotatable bonds is 1. The smallest absolute Gasteiger partial charge is 0.296 e. The zero-order valence-corrected chi connectivity index (χ0v) is 10.4. The van der Waals surface area contributed by atoms with Gasteiger partial charge in [-0.15, -0.1) is 0 Å². The van der Waals surface area contributed by atoms with E-state index in [1.54, 1.807) is 12.1 Å². The summed E-state index contributed by atoms with van der Waals surface area (Å²) in [6.45, 7) is 0. The van der Waals surface area contributed by atoms with Crippen molar-refractivity contribution in [1.82, 2.24) is 0 Å². The van der Waals surface area contributed by atoms with Crippen LogP contribution in [0.25, 0.3) is 0 Å². The summed E-state index contributed by atoms with van der Waals surface area (Å²) < 4.78 is 33.2. The van der Waals surface area contributed by atoms with Crippen molar-refractivity contribution in [2.45, 2.75) is 0 Å². The fourth-order valence-corrected chi connectivity index (χ4v) is 0.858. The number of benzene rings is 1. The number of halogens is 2. The van der Waals surface area contributed by atoms with Gasteiger partial charge in [0.15, 0.2) is 0 Å². The lowest BCUT2D eigenvalue weighted by Crippen LogP contribution is -4.23. The number of hydrogen-bond donors (Lipinski definition) is 2. The normalized spacial score (nSPS) is 10.1. The van der Waals surface area contributed by atoms with Crippen molar-refractivity contribution < 1.29 is 48.8 Å². The van der Waals surface area contributed by atoms with E-state index in [1.807, 2.05) is 0 Å². The third-order valence-corrected chi connectivity index (χ3v) is 1.38. The molecule has 0 bridgehead atoms. The van der Waals surface area contributed by atoms with Gasteiger partial charge in [-0.25, -0.2) is 4.79 Å². The number of carbonyl (C=O) groups is 1. The van der Waals surface area contributed by atoms with Crippen molar-refractivity contribution in [1.29, 1.82) is 0 Å². The molecule has 0 saturated carbocycles. The van der Waals surface area contributed by atoms with Crippen LogP contribution in [0, 0.1) is 0 Å². The average Bonchev–Trinajstić information content (AvgIpc) is 2.14. The van der Waals surface area contributed by atoms with Crippen molar-refractivity contribution in [2.75, 3.05) is 0 Å². The molecule has 0 unspecified atom stereocenters. The predicted octanol–water partition coefficient (Wildman–Crippen LogP) is -5.15. The lowest BCUT2D eigenvalue weighted by molar-refractivity contribution is -1.92. The molecule has 0 aliphatic heterocycles. The summed E-state index contributed by atoms with van der Waals surface area (Å²) in [7, 11) is 0. The van der Waals surface area contributed by atoms with Gasteiger partial charge in [0.2, 0.25) is 0 Å². The summed E-state index contributed by atoms with van der Waals surface area (Å²) in [6.07, 6.45) is 0. The maximum Gasteiger partial charge on any atom is 0.372 e. The van der Waals surface area contributed by atoms with Gasteiger partial charge in [-0.05, 0) is 18.2 Å². The Balaban J connectivity index is 0.000000385. The highest BCUT2D eigenvalue weighted by molar-refractivity contribution is 6.30. The molecule has 7 nitrogen and oxygen atoms in total. The van der Waals surface area contributed by atoms with E-state index in [-0.39, 0.29) is 5.56 Å². The largest absolute Gasteiger partial charge is 0.372 e. The van der Waals surface area contributed by atoms with E-state index in [0.717, 1.165) is 0 Å². The Hall–Kier alpha value is -0.490. The molecule has 0 fully saturated rings. The molecule has 2 N–H and O–H groups in total. The van der Waals surface area contributed by atoms with Crippen LogP contribution in [-0.4, -0.2) is 14.7 Å². The first-order valence-corrected chi connectivity index (χ1v) is 7.47. The van der Waals surface area contributed by atoms with Crippen molar-refractivity contribution >= 4 is 17.6 Å². The molecule has 1 aromatic rings. The van der Waals surface area contributed by atoms with Crippen LogP contribution in [0.2, 0.25) is 5.02 Å². The fraction of sp³-hybridized carbons (Fsp3) is 0. The second-order valence-electron chi connectivity index (χ2n) is 2.29. The SMILES string of the molecule is O=C(OO)c1cccc(Cl)c1.[O-][I+3]([O-])([O-])O. The van der Waals surface area contributed by atoms with Crippen LogP contribution in [0.5, 0.6) is 0 Å². The predicted molar refractivity (Wildman–Crippen MR) is 41.7 cm³/mol. The van der Waals surface area contributed by atoms with Crippen molar-refractivity contribution in [3.05, 3.63) is 34.9 Å². The average molecular weight is 364 g/mol. The van der Waals surface area contributed by atoms with Crippen molar-refractivity contribution in [2.24, 2.45) is 0 Å². The van der Waals surface area contributed by atoms with E-state index in [1.165, 1.54) is 12.1 Å². The quantitative estimate of drug-likeness (QED) is 0.289. The Labute approximate surface area is 101 Å². The standard InChI is InChI=1S/C7H5ClO3.HIO4/c8-6-3-1-2-5(4-6)7(9)11-10;2-1(3,4)5/h1-4,10H;2H. The molecule has 0 saturated heterocycles. The topological polar surface area (TPSA) is 136 Å². The maximum absolute atomic E-state index is 10.6. The second kappa shape index (κ2) is 6.96. The molecule has 1 aromatic carbocycles. The van der Waals surface area contributed by atoms with E-state index >= 15 is 0 Å². The molecule has 0 atom stereocenters. The van der Waals surface area contributed by atoms with E-state index < -0.39 is 26.1 Å². The minimum atomic E-state index is -5.69. The number of carbonyl (C=O) groups excluding carboxylic acids is 1. The van der Waals surface area contributed by atoms with Gasteiger partial charge in [0.1, 0.15) is 0 Å². The highest BCUT2D eigenvalue weighted by atomic mass is 127. The summed E-state index contributed by atoms with van der Waals surface area (Å²) in [5, 5.41) is 8.41. The molecule has 0 amide bonds. The number of hydrogen-bond acceptors (Lipinski definition) is 7. The van der Waals surface area contributed by atoms with Crippen LogP contribution in [-0.2, 0) is 4.89 Å².